The van der Waals surface area contributed by atoms with Crippen molar-refractivity contribution in [3.8, 4) is 0 Å². The van der Waals surface area contributed by atoms with E-state index in [-0.39, 0.29) is 47.3 Å². The number of fused-ring (bicyclic) bond motifs is 1. The fraction of sp³-hybridized carbons (Fsp3) is 0.640. The Balaban J connectivity index is 2.10. The maximum absolute atomic E-state index is 14.9. The van der Waals surface area contributed by atoms with Crippen LogP contribution in [0.2, 0.25) is 0 Å². The lowest BCUT2D eigenvalue weighted by molar-refractivity contribution is -0.152. The first-order valence-electron chi connectivity index (χ1n) is 39.4. The van der Waals surface area contributed by atoms with Crippen LogP contribution < -0.4 is 53.8 Å². The van der Waals surface area contributed by atoms with Crippen molar-refractivity contribution in [2.24, 2.45) is 23.2 Å². The molecule has 7 amide bonds. The first kappa shape index (κ1) is 110. The molecule has 0 aliphatic rings. The van der Waals surface area contributed by atoms with E-state index in [1.54, 1.807) is 20.8 Å². The summed E-state index contributed by atoms with van der Waals surface area (Å²) in [6.45, 7) is -1.21. The SMILES string of the molecule is CC(C)(C)C(=O)OCCSSC[C@@H](NC(=O)[C@H](CCC(=O)NC[C@H](O)[C@@H](O)[C@H](O)[C@H](O)CO)CC(=O)[C@@H](CCC(=O)O)NC(=O)[C@H](CCC(=O)NC[C@H](O)[C@@H](O)[C@H](O)[C@H](O)CO)CC(=O)[C@@H](CCC(=O)O)NC(=O)[C@H](CCC(=O)NC[C@H](O)[C@@H](O)[C@H](O)[C@H](O)CO)CC(=O)CC[C@H](NC(=O)c1ccc(NCc2cnc3nc(N)[nH]c(=O)c3n2)cc1)C(=O)O)C(=O)O. The van der Waals surface area contributed by atoms with E-state index in [4.69, 9.17) is 10.5 Å². The molecule has 126 heavy (non-hydrogen) atoms. The number of carbonyl (C=O) groups excluding carboxylic acids is 11. The van der Waals surface area contributed by atoms with Gasteiger partial charge in [-0.05, 0) is 83.6 Å². The zero-order chi connectivity index (χ0) is 95.0. The van der Waals surface area contributed by atoms with E-state index in [9.17, 15) is 174 Å². The summed E-state index contributed by atoms with van der Waals surface area (Å²) in [6.07, 6.45) is -37.0. The number of aromatic amines is 1. The van der Waals surface area contributed by atoms with Crippen molar-refractivity contribution < 1.29 is 174 Å². The Morgan fingerprint density at radius 1 is 0.484 bits per heavy atom. The molecule has 0 aliphatic carbocycles. The fourth-order valence-corrected chi connectivity index (χ4v) is 13.6. The minimum absolute atomic E-state index is 0.00656. The first-order chi connectivity index (χ1) is 59.1. The number of aliphatic hydroxyl groups excluding tert-OH is 15. The molecule has 0 saturated carbocycles. The van der Waals surface area contributed by atoms with E-state index in [0.717, 1.165) is 21.6 Å². The molecule has 0 bridgehead atoms. The lowest BCUT2D eigenvalue weighted by atomic mass is 9.89. The summed E-state index contributed by atoms with van der Waals surface area (Å²) < 4.78 is 5.21. The number of rotatable bonds is 63. The number of nitrogens with zero attached hydrogens (tertiary/aromatic N) is 3. The summed E-state index contributed by atoms with van der Waals surface area (Å²) in [4.78, 5) is 230. The van der Waals surface area contributed by atoms with Crippen molar-refractivity contribution in [1.29, 1.82) is 0 Å². The second-order valence-electron chi connectivity index (χ2n) is 30.3. The number of nitrogen functional groups attached to an aromatic ring is 1. The number of carboxylic acid groups (broad SMARTS) is 4. The molecule has 1 aromatic carbocycles. The second kappa shape index (κ2) is 55.4. The highest BCUT2D eigenvalue weighted by Crippen LogP contribution is 2.26. The van der Waals surface area contributed by atoms with Crippen LogP contribution in [0.4, 0.5) is 11.6 Å². The Labute approximate surface area is 725 Å². The first-order valence-corrected chi connectivity index (χ1v) is 41.9. The minimum Gasteiger partial charge on any atom is -0.481 e. The number of aliphatic hydroxyl groups is 15. The Bertz CT molecular complexity index is 4190. The molecule has 3 aromatic rings. The number of carboxylic acids is 4. The van der Waals surface area contributed by atoms with Crippen LogP contribution in [0, 0.1) is 23.2 Å². The maximum Gasteiger partial charge on any atom is 0.327 e. The molecule has 0 spiro atoms. The molecule has 51 heteroatoms. The van der Waals surface area contributed by atoms with Gasteiger partial charge in [0.1, 0.15) is 79.4 Å². The zero-order valence-corrected chi connectivity index (χ0v) is 70.3. The number of hydrogen-bond donors (Lipinski definition) is 29. The van der Waals surface area contributed by atoms with Gasteiger partial charge in [-0.3, -0.25) is 72.1 Å². The highest BCUT2D eigenvalue weighted by Gasteiger charge is 2.39. The van der Waals surface area contributed by atoms with Gasteiger partial charge in [0.15, 0.2) is 22.7 Å². The number of benzene rings is 1. The number of aromatic nitrogens is 4. The number of aliphatic carboxylic acids is 4. The van der Waals surface area contributed by atoms with Gasteiger partial charge >= 0.3 is 29.8 Å². The summed E-state index contributed by atoms with van der Waals surface area (Å²) >= 11 is 0. The van der Waals surface area contributed by atoms with Crippen molar-refractivity contribution in [1.82, 2.24) is 57.2 Å². The second-order valence-corrected chi connectivity index (χ2v) is 32.9. The predicted molar refractivity (Wildman–Crippen MR) is 436 cm³/mol. The van der Waals surface area contributed by atoms with Crippen LogP contribution >= 0.6 is 21.6 Å². The largest absolute Gasteiger partial charge is 0.481 e. The van der Waals surface area contributed by atoms with Crippen LogP contribution in [0.1, 0.15) is 133 Å². The fourth-order valence-electron chi connectivity index (χ4n) is 11.6. The number of anilines is 2. The van der Waals surface area contributed by atoms with Gasteiger partial charge in [-0.1, -0.05) is 21.6 Å². The lowest BCUT2D eigenvalue weighted by Gasteiger charge is -2.26. The number of ether oxygens (including phenoxy) is 1. The number of carbonyl (C=O) groups is 15. The van der Waals surface area contributed by atoms with Gasteiger partial charge in [-0.15, -0.1) is 0 Å². The van der Waals surface area contributed by atoms with E-state index >= 15 is 0 Å². The summed E-state index contributed by atoms with van der Waals surface area (Å²) in [6, 6.07) is -2.28. The molecule has 0 radical (unpaired) electrons. The Hall–Kier alpha value is -10.2. The lowest BCUT2D eigenvalue weighted by Crippen LogP contribution is -2.50. The molecule has 0 saturated heterocycles. The average Bonchev–Trinajstić information content (AvgIpc) is 0.810. The van der Waals surface area contributed by atoms with E-state index in [0.29, 0.717) is 5.69 Å². The number of hydrogen-bond acceptors (Lipinski definition) is 39. The molecule has 3 rings (SSSR count). The molecule has 0 aliphatic heterocycles. The van der Waals surface area contributed by atoms with Gasteiger partial charge in [-0.25, -0.2) is 19.6 Å². The Morgan fingerprint density at radius 2 is 0.881 bits per heavy atom. The number of Topliss-reactive ketones (excluding diaryl/α,β-unsaturated/α-hetero) is 3. The third-order valence-electron chi connectivity index (χ3n) is 19.2. The zero-order valence-electron chi connectivity index (χ0n) is 68.7. The predicted octanol–water partition coefficient (Wildman–Crippen LogP) is -9.17. The third-order valence-corrected chi connectivity index (χ3v) is 21.6. The van der Waals surface area contributed by atoms with Gasteiger partial charge in [0.25, 0.3) is 11.5 Å². The molecule has 2 heterocycles. The normalized spacial score (nSPS) is 16.1. The van der Waals surface area contributed by atoms with Gasteiger partial charge < -0.3 is 150 Å². The van der Waals surface area contributed by atoms with Crippen LogP contribution in [0.5, 0.6) is 0 Å². The molecule has 49 nitrogen and oxygen atoms in total. The molecule has 0 unspecified atom stereocenters. The third kappa shape index (κ3) is 39.4. The molecule has 706 valence electrons. The quantitative estimate of drug-likeness (QED) is 0.0142. The topological polar surface area (TPSA) is 843 Å². The van der Waals surface area contributed by atoms with Gasteiger partial charge in [0, 0.05) is 118 Å². The van der Waals surface area contributed by atoms with E-state index in [1.807, 2.05) is 0 Å². The van der Waals surface area contributed by atoms with E-state index in [1.165, 1.54) is 30.5 Å². The van der Waals surface area contributed by atoms with Crippen LogP contribution in [-0.2, 0) is 78.4 Å². The van der Waals surface area contributed by atoms with Crippen LogP contribution in [0.15, 0.2) is 35.3 Å². The molecule has 0 fully saturated rings. The summed E-state index contributed by atoms with van der Waals surface area (Å²) in [5.41, 5.74) is 4.55. The Morgan fingerprint density at radius 3 is 1.28 bits per heavy atom. The van der Waals surface area contributed by atoms with Gasteiger partial charge in [0.05, 0.1) is 74.1 Å². The summed E-state index contributed by atoms with van der Waals surface area (Å²) in [5.74, 6) is -24.8. The van der Waals surface area contributed by atoms with Gasteiger partial charge in [-0.2, -0.15) is 4.98 Å². The summed E-state index contributed by atoms with van der Waals surface area (Å²) in [5, 5.41) is 209. The van der Waals surface area contributed by atoms with Crippen LogP contribution in [0.25, 0.3) is 11.2 Å². The minimum atomic E-state index is -2.23. The number of nitrogens with two attached hydrogens (primary N) is 1. The van der Waals surface area contributed by atoms with E-state index < -0.39 is 356 Å². The van der Waals surface area contributed by atoms with Crippen LogP contribution in [0.3, 0.4) is 0 Å². The molecule has 30 N–H and O–H groups in total. The van der Waals surface area contributed by atoms with Crippen molar-refractivity contribution in [2.75, 3.05) is 68.6 Å². The van der Waals surface area contributed by atoms with Crippen molar-refractivity contribution in [3.63, 3.8) is 0 Å². The smallest absolute Gasteiger partial charge is 0.327 e. The molecule has 19 atom stereocenters. The van der Waals surface area contributed by atoms with Crippen molar-refractivity contribution in [3.05, 3.63) is 52.1 Å². The number of nitrogens with one attached hydrogen (secondary N) is 9. The summed E-state index contributed by atoms with van der Waals surface area (Å²) in [7, 11) is 1.91. The maximum atomic E-state index is 14.9. The van der Waals surface area contributed by atoms with E-state index in [2.05, 4.69) is 62.5 Å². The Kier molecular flexibility index (Phi) is 48.4. The monoisotopic (exact) mass is 1840 g/mol. The average molecular weight is 1840 g/mol. The number of H-pyrrole nitrogens is 1. The highest BCUT2D eigenvalue weighted by atomic mass is 33.1. The number of amides is 7. The highest BCUT2D eigenvalue weighted by molar-refractivity contribution is 8.76. The van der Waals surface area contributed by atoms with Crippen molar-refractivity contribution in [2.45, 2.75) is 221 Å². The number of esters is 1. The number of ketones is 3. The standard InChI is InChI=1S/C75H113N13O36S2/c1-75(2,3)73(123)124-20-21-125-126-33-44(72(121)122)86-69(117)37(8-17-55(103)80-29-49(97)61(110)64(113)52(100)32-91)24-46(94)42(14-19-57(106)107)84-68(116)36(7-16-54(102)79-28-48(96)60(109)63(112)51(99)31-90)23-45(93)41(13-18-56(104)105)83-67(115)35(6-15-53(101)78-27-47(95)59(108)62(111)50(98)30-89)22-40(92)11-12-43(71(119)120)85-66(114)34-4-9-38(10-5-34)77-25-39-26-81-65-58(82-39)70(118)88-74(76)87-65/h4-5,9-10,26,35-37,41-44,47-52,59-64,77,89-91,95-100,108-113H,6-8,11-25,27-33H2,1-3H3,(H,78,101)(H,79,102)(H,80,103)(H,83,115)(H,84,116)(H,85,114)(H,86,117)(H,104,105)(H,106,107)(H,119,120)(H,121,122)(H3,76,81,87,88,118)/t35-,36-,37-,41-,42-,43+,44-,47+,48+,49+,50-,51-,52-,59-,60-,61-,62-,63-,64-/m1/s1. The molecule has 2 aromatic heterocycles. The van der Waals surface area contributed by atoms with Crippen LogP contribution in [-0.4, -0.2) is 360 Å². The molecular weight excluding hydrogens is 1720 g/mol. The van der Waals surface area contributed by atoms with Gasteiger partial charge in [0.2, 0.25) is 41.4 Å². The van der Waals surface area contributed by atoms with Crippen molar-refractivity contribution >= 4 is 133 Å². The molecular formula is C75H113N13O36S2.